The number of alkyl carbamates (subject to hydrolysis) is 2. The number of H-pyrrole nitrogens is 2. The van der Waals surface area contributed by atoms with Crippen LogP contribution in [0.5, 0.6) is 5.75 Å². The molecular weight excluding hydrogens is 717 g/mol. The molecular formula is C46H56N6O5. The van der Waals surface area contributed by atoms with Crippen LogP contribution in [0.4, 0.5) is 9.59 Å². The van der Waals surface area contributed by atoms with E-state index in [9.17, 15) is 9.59 Å². The lowest BCUT2D eigenvalue weighted by atomic mass is 9.81. The summed E-state index contributed by atoms with van der Waals surface area (Å²) in [5.41, 5.74) is 6.58. The fraction of sp³-hybridized carbons (Fsp3) is 0.478. The van der Waals surface area contributed by atoms with Crippen molar-refractivity contribution in [2.45, 2.75) is 134 Å². The van der Waals surface area contributed by atoms with Crippen LogP contribution in [0.2, 0.25) is 0 Å². The zero-order chi connectivity index (χ0) is 40.0. The summed E-state index contributed by atoms with van der Waals surface area (Å²) in [7, 11) is 0. The number of carbonyl (C=O) groups is 2. The molecule has 3 aliphatic rings. The third kappa shape index (κ3) is 8.25. The first-order chi connectivity index (χ1) is 27.2. The van der Waals surface area contributed by atoms with Crippen LogP contribution in [0, 0.1) is 0 Å². The third-order valence-electron chi connectivity index (χ3n) is 11.5. The van der Waals surface area contributed by atoms with Crippen molar-refractivity contribution in [3.05, 3.63) is 78.0 Å². The molecule has 0 bridgehead atoms. The van der Waals surface area contributed by atoms with E-state index in [4.69, 9.17) is 24.2 Å². The molecule has 0 unspecified atom stereocenters. The first-order valence-corrected chi connectivity index (χ1v) is 20.7. The highest BCUT2D eigenvalue weighted by Gasteiger charge is 2.41. The predicted molar refractivity (Wildman–Crippen MR) is 222 cm³/mol. The second-order valence-electron chi connectivity index (χ2n) is 18.2. The van der Waals surface area contributed by atoms with Gasteiger partial charge in [-0.1, -0.05) is 74.9 Å². The molecule has 300 valence electrons. The van der Waals surface area contributed by atoms with E-state index in [1.165, 1.54) is 0 Å². The Kier molecular flexibility index (Phi) is 10.1. The highest BCUT2D eigenvalue weighted by atomic mass is 16.6. The number of hydrogen-bond acceptors (Lipinski definition) is 7. The van der Waals surface area contributed by atoms with Crippen molar-refractivity contribution in [1.29, 1.82) is 0 Å². The van der Waals surface area contributed by atoms with Gasteiger partial charge in [-0.05, 0) is 114 Å². The maximum atomic E-state index is 13.0. The van der Waals surface area contributed by atoms with E-state index in [0.29, 0.717) is 13.0 Å². The largest absolute Gasteiger partial charge is 0.492 e. The molecule has 57 heavy (non-hydrogen) atoms. The van der Waals surface area contributed by atoms with Crippen molar-refractivity contribution in [2.75, 3.05) is 6.61 Å². The van der Waals surface area contributed by atoms with Gasteiger partial charge in [0.25, 0.3) is 0 Å². The zero-order valence-corrected chi connectivity index (χ0v) is 34.2. The van der Waals surface area contributed by atoms with Crippen LogP contribution in [0.1, 0.15) is 123 Å². The van der Waals surface area contributed by atoms with Gasteiger partial charge in [-0.25, -0.2) is 19.6 Å². The summed E-state index contributed by atoms with van der Waals surface area (Å²) in [6.07, 6.45) is 9.43. The molecule has 11 nitrogen and oxygen atoms in total. The minimum Gasteiger partial charge on any atom is -0.492 e. The summed E-state index contributed by atoms with van der Waals surface area (Å²) in [5, 5.41) is 6.43. The zero-order valence-electron chi connectivity index (χ0n) is 34.2. The van der Waals surface area contributed by atoms with Gasteiger partial charge in [-0.15, -0.1) is 0 Å². The minimum atomic E-state index is -0.601. The van der Waals surface area contributed by atoms with Crippen LogP contribution >= 0.6 is 0 Å². The molecule has 3 heterocycles. The van der Waals surface area contributed by atoms with Gasteiger partial charge in [-0.2, -0.15) is 0 Å². The lowest BCUT2D eigenvalue weighted by molar-refractivity contribution is 0.0400. The highest BCUT2D eigenvalue weighted by molar-refractivity contribution is 5.83. The van der Waals surface area contributed by atoms with Gasteiger partial charge in [0.2, 0.25) is 0 Å². The number of nitrogens with zero attached hydrogens (tertiary/aromatic N) is 2. The Labute approximate surface area is 335 Å². The number of carbonyl (C=O) groups excluding carboxylic acids is 2. The van der Waals surface area contributed by atoms with Gasteiger partial charge in [-0.3, -0.25) is 0 Å². The molecule has 2 amide bonds. The fourth-order valence-corrected chi connectivity index (χ4v) is 8.74. The van der Waals surface area contributed by atoms with Crippen molar-refractivity contribution in [3.8, 4) is 39.3 Å². The van der Waals surface area contributed by atoms with Crippen molar-refractivity contribution in [3.63, 3.8) is 0 Å². The lowest BCUT2D eigenvalue weighted by Gasteiger charge is -2.37. The summed E-state index contributed by atoms with van der Waals surface area (Å²) >= 11 is 0. The fourth-order valence-electron chi connectivity index (χ4n) is 8.74. The number of hydrogen-bond donors (Lipinski definition) is 4. The number of aromatic nitrogens is 4. The Bertz CT molecular complexity index is 2260. The number of nitrogens with one attached hydrogen (secondary N) is 4. The lowest BCUT2D eigenvalue weighted by Crippen LogP contribution is -2.49. The van der Waals surface area contributed by atoms with Crippen LogP contribution in [-0.4, -0.2) is 49.9 Å². The van der Waals surface area contributed by atoms with Gasteiger partial charge in [0.15, 0.2) is 0 Å². The molecule has 0 saturated heterocycles. The average Bonchev–Trinajstić information content (AvgIpc) is 3.75. The maximum absolute atomic E-state index is 13.0. The van der Waals surface area contributed by atoms with E-state index in [1.807, 2.05) is 47.6 Å². The maximum Gasteiger partial charge on any atom is 0.408 e. The van der Waals surface area contributed by atoms with Gasteiger partial charge in [0.1, 0.15) is 39.7 Å². The van der Waals surface area contributed by atoms with Crippen LogP contribution in [0.25, 0.3) is 44.5 Å². The molecule has 3 aromatic carbocycles. The molecule has 4 N–H and O–H groups in total. The Morgan fingerprint density at radius 3 is 1.72 bits per heavy atom. The van der Waals surface area contributed by atoms with Crippen LogP contribution in [0.3, 0.4) is 0 Å². The van der Waals surface area contributed by atoms with E-state index in [-0.39, 0.29) is 0 Å². The smallest absolute Gasteiger partial charge is 0.408 e. The number of ether oxygens (including phenoxy) is 3. The number of amides is 2. The summed E-state index contributed by atoms with van der Waals surface area (Å²) in [6, 6.07) is 21.2. The van der Waals surface area contributed by atoms with Gasteiger partial charge in [0.05, 0.1) is 23.3 Å². The van der Waals surface area contributed by atoms with Gasteiger partial charge >= 0.3 is 12.2 Å². The molecule has 0 atom stereocenters. The molecule has 0 radical (unpaired) electrons. The van der Waals surface area contributed by atoms with Crippen molar-refractivity contribution < 1.29 is 23.8 Å². The van der Waals surface area contributed by atoms with Crippen LogP contribution in [0.15, 0.2) is 60.7 Å². The predicted octanol–water partition coefficient (Wildman–Crippen LogP) is 10.6. The Balaban J connectivity index is 1.02. The van der Waals surface area contributed by atoms with Gasteiger partial charge in [0, 0.05) is 17.7 Å². The second kappa shape index (κ2) is 14.9. The van der Waals surface area contributed by atoms with Crippen molar-refractivity contribution in [2.24, 2.45) is 0 Å². The van der Waals surface area contributed by atoms with E-state index in [2.05, 4.69) is 75.2 Å². The first kappa shape index (κ1) is 38.5. The third-order valence-corrected chi connectivity index (χ3v) is 11.5. The Morgan fingerprint density at radius 1 is 0.649 bits per heavy atom. The highest BCUT2D eigenvalue weighted by Crippen LogP contribution is 2.42. The second-order valence-corrected chi connectivity index (χ2v) is 18.2. The number of aromatic amines is 2. The minimum absolute atomic E-state index is 0.413. The summed E-state index contributed by atoms with van der Waals surface area (Å²) in [4.78, 5) is 43.4. The molecule has 11 heteroatoms. The normalized spacial score (nSPS) is 17.7. The first-order valence-electron chi connectivity index (χ1n) is 20.7. The monoisotopic (exact) mass is 772 g/mol. The van der Waals surface area contributed by atoms with Crippen molar-refractivity contribution in [1.82, 2.24) is 30.6 Å². The number of fused-ring (bicyclic) bond motifs is 4. The molecule has 2 aliphatic carbocycles. The van der Waals surface area contributed by atoms with Crippen LogP contribution in [-0.2, 0) is 27.0 Å². The molecule has 2 saturated carbocycles. The average molecular weight is 773 g/mol. The van der Waals surface area contributed by atoms with Crippen molar-refractivity contribution >= 4 is 23.2 Å². The van der Waals surface area contributed by atoms with E-state index >= 15 is 0 Å². The van der Waals surface area contributed by atoms with E-state index in [1.54, 1.807) is 0 Å². The number of imidazole rings is 2. The molecule has 2 fully saturated rings. The molecule has 0 spiro atoms. The van der Waals surface area contributed by atoms with E-state index in [0.717, 1.165) is 132 Å². The van der Waals surface area contributed by atoms with E-state index < -0.39 is 34.5 Å². The Morgan fingerprint density at radius 2 is 1.16 bits per heavy atom. The topological polar surface area (TPSA) is 143 Å². The SMILES string of the molecule is CC(C)(C)OC(=O)NC1(c2nc3c([nH]2)CCOc2cc(-c4ccc(-c5ccc6nc(C7(NC(=O)OC(C)(C)C)CCCCC7)[nH]c6c5)cc4)ccc2-3)CCCCC1. The number of benzene rings is 3. The number of rotatable bonds is 6. The molecule has 1 aliphatic heterocycles. The quantitative estimate of drug-likeness (QED) is 0.134. The summed E-state index contributed by atoms with van der Waals surface area (Å²) in [6.45, 7) is 11.8. The molecule has 8 rings (SSSR count). The molecule has 2 aromatic heterocycles. The summed E-state index contributed by atoms with van der Waals surface area (Å²) in [5.74, 6) is 2.37. The standard InChI is InChI=1S/C46H56N6O5/c1-43(2,3)56-41(53)51-45(22-9-7-10-23-45)39-47-34-20-18-31(27-36(34)49-39)29-13-15-30(16-14-29)32-17-19-33-37(28-32)55-26-21-35-38(33)50-40(48-35)46(24-11-8-12-25-46)52-42(54)57-44(4,5)6/h13-20,27-28H,7-12,21-26H2,1-6H3,(H,47,49)(H,48,50)(H,51,53)(H,52,54). The van der Waals surface area contributed by atoms with Crippen LogP contribution < -0.4 is 15.4 Å². The summed E-state index contributed by atoms with van der Waals surface area (Å²) < 4.78 is 17.7. The molecule has 5 aromatic rings. The van der Waals surface area contributed by atoms with Gasteiger partial charge < -0.3 is 34.8 Å². The Hall–Kier alpha value is -5.32.